The second-order valence-corrected chi connectivity index (χ2v) is 6.11. The van der Waals surface area contributed by atoms with Gasteiger partial charge in [-0.15, -0.1) is 0 Å². The highest BCUT2D eigenvalue weighted by molar-refractivity contribution is 5.66. The largest absolute Gasteiger partial charge is 0.314 e. The molecule has 0 spiro atoms. The second kappa shape index (κ2) is 6.10. The van der Waals surface area contributed by atoms with Gasteiger partial charge in [-0.25, -0.2) is 4.98 Å². The number of aryl methyl sites for hydroxylation is 1. The first-order valence-electron chi connectivity index (χ1n) is 8.12. The Hall–Kier alpha value is -2.24. The molecule has 0 bridgehead atoms. The number of fused-ring (bicyclic) bond motifs is 1. The Bertz CT molecular complexity index is 803. The number of hydrogen-bond donors (Lipinski definition) is 1. The van der Waals surface area contributed by atoms with Gasteiger partial charge in [0.1, 0.15) is 5.65 Å². The first-order chi connectivity index (χ1) is 11.3. The summed E-state index contributed by atoms with van der Waals surface area (Å²) in [5, 5.41) is 3.41. The summed E-state index contributed by atoms with van der Waals surface area (Å²) >= 11 is 0. The lowest BCUT2D eigenvalue weighted by Gasteiger charge is -2.27. The van der Waals surface area contributed by atoms with Crippen molar-refractivity contribution in [2.45, 2.75) is 13.5 Å². The maximum atomic E-state index is 4.87. The average Bonchev–Trinajstić information content (AvgIpc) is 2.95. The number of nitrogens with zero attached hydrogens (tertiary/aromatic N) is 4. The molecule has 5 nitrogen and oxygen atoms in total. The van der Waals surface area contributed by atoms with Crippen LogP contribution in [0.1, 0.15) is 11.3 Å². The van der Waals surface area contributed by atoms with Gasteiger partial charge in [0.2, 0.25) is 0 Å². The summed E-state index contributed by atoms with van der Waals surface area (Å²) in [7, 11) is 0. The lowest BCUT2D eigenvalue weighted by atomic mass is 10.1. The zero-order valence-corrected chi connectivity index (χ0v) is 13.4. The van der Waals surface area contributed by atoms with E-state index in [1.54, 1.807) is 6.20 Å². The van der Waals surface area contributed by atoms with Gasteiger partial charge in [-0.1, -0.05) is 6.07 Å². The predicted molar refractivity (Wildman–Crippen MR) is 91.3 cm³/mol. The summed E-state index contributed by atoms with van der Waals surface area (Å²) in [5.74, 6) is 0. The zero-order valence-electron chi connectivity index (χ0n) is 13.4. The molecule has 1 fully saturated rings. The van der Waals surface area contributed by atoms with Gasteiger partial charge in [0.05, 0.1) is 11.4 Å². The highest BCUT2D eigenvalue weighted by Gasteiger charge is 2.18. The van der Waals surface area contributed by atoms with Crippen molar-refractivity contribution in [2.75, 3.05) is 26.2 Å². The summed E-state index contributed by atoms with van der Waals surface area (Å²) in [6, 6.07) is 8.27. The van der Waals surface area contributed by atoms with Crippen molar-refractivity contribution in [1.82, 2.24) is 24.6 Å². The number of imidazole rings is 1. The van der Waals surface area contributed by atoms with E-state index in [-0.39, 0.29) is 0 Å². The van der Waals surface area contributed by atoms with E-state index in [1.165, 1.54) is 11.3 Å². The summed E-state index contributed by atoms with van der Waals surface area (Å²) in [6.45, 7) is 7.29. The highest BCUT2D eigenvalue weighted by atomic mass is 15.2. The Balaban J connectivity index is 1.82. The number of aromatic nitrogens is 3. The number of hydrogen-bond acceptors (Lipinski definition) is 4. The van der Waals surface area contributed by atoms with Crippen LogP contribution in [0.2, 0.25) is 0 Å². The third kappa shape index (κ3) is 2.85. The third-order valence-corrected chi connectivity index (χ3v) is 4.38. The lowest BCUT2D eigenvalue weighted by Crippen LogP contribution is -2.43. The minimum Gasteiger partial charge on any atom is -0.314 e. The van der Waals surface area contributed by atoms with Crippen LogP contribution in [0.4, 0.5) is 0 Å². The molecule has 0 unspecified atom stereocenters. The molecule has 4 heterocycles. The molecular formula is C18H21N5. The van der Waals surface area contributed by atoms with Crippen LogP contribution in [0.25, 0.3) is 16.9 Å². The fourth-order valence-electron chi connectivity index (χ4n) is 3.17. The first kappa shape index (κ1) is 14.4. The standard InChI is InChI=1S/C18H21N5/c1-14-4-5-17-21-18(15-3-2-6-20-11-15)16(23(17)12-14)13-22-9-7-19-8-10-22/h2-6,11-12,19H,7-10,13H2,1H3. The summed E-state index contributed by atoms with van der Waals surface area (Å²) in [5.41, 5.74) is 5.62. The van der Waals surface area contributed by atoms with Gasteiger partial charge < -0.3 is 9.72 Å². The quantitative estimate of drug-likeness (QED) is 0.805. The van der Waals surface area contributed by atoms with E-state index in [2.05, 4.69) is 50.9 Å². The van der Waals surface area contributed by atoms with Crippen LogP contribution < -0.4 is 5.32 Å². The molecule has 0 saturated carbocycles. The van der Waals surface area contributed by atoms with Crippen molar-refractivity contribution in [3.05, 3.63) is 54.1 Å². The van der Waals surface area contributed by atoms with E-state index in [0.717, 1.165) is 49.6 Å². The topological polar surface area (TPSA) is 45.5 Å². The van der Waals surface area contributed by atoms with E-state index in [4.69, 9.17) is 4.98 Å². The van der Waals surface area contributed by atoms with Crippen LogP contribution in [0.5, 0.6) is 0 Å². The number of rotatable bonds is 3. The Morgan fingerprint density at radius 2 is 2.04 bits per heavy atom. The maximum absolute atomic E-state index is 4.87. The minimum atomic E-state index is 0.913. The Morgan fingerprint density at radius 1 is 1.17 bits per heavy atom. The molecule has 3 aromatic rings. The van der Waals surface area contributed by atoms with Crippen molar-refractivity contribution in [1.29, 1.82) is 0 Å². The summed E-state index contributed by atoms with van der Waals surface area (Å²) in [4.78, 5) is 11.6. The second-order valence-electron chi connectivity index (χ2n) is 6.11. The number of pyridine rings is 2. The monoisotopic (exact) mass is 307 g/mol. The average molecular weight is 307 g/mol. The van der Waals surface area contributed by atoms with Crippen LogP contribution in [-0.4, -0.2) is 45.4 Å². The van der Waals surface area contributed by atoms with Crippen LogP contribution >= 0.6 is 0 Å². The summed E-state index contributed by atoms with van der Waals surface area (Å²) < 4.78 is 2.24. The van der Waals surface area contributed by atoms with Crippen molar-refractivity contribution >= 4 is 5.65 Å². The van der Waals surface area contributed by atoms with E-state index >= 15 is 0 Å². The molecule has 0 aromatic carbocycles. The van der Waals surface area contributed by atoms with Crippen molar-refractivity contribution < 1.29 is 0 Å². The Labute approximate surface area is 136 Å². The molecule has 23 heavy (non-hydrogen) atoms. The van der Waals surface area contributed by atoms with Crippen molar-refractivity contribution in [3.63, 3.8) is 0 Å². The van der Waals surface area contributed by atoms with Gasteiger partial charge in [0.15, 0.2) is 0 Å². The number of nitrogens with one attached hydrogen (secondary N) is 1. The van der Waals surface area contributed by atoms with Crippen LogP contribution in [0.3, 0.4) is 0 Å². The highest BCUT2D eigenvalue weighted by Crippen LogP contribution is 2.25. The van der Waals surface area contributed by atoms with Crippen molar-refractivity contribution in [2.24, 2.45) is 0 Å². The molecule has 1 aliphatic rings. The maximum Gasteiger partial charge on any atom is 0.137 e. The molecule has 1 aliphatic heterocycles. The zero-order chi connectivity index (χ0) is 15.6. The van der Waals surface area contributed by atoms with E-state index in [9.17, 15) is 0 Å². The minimum absolute atomic E-state index is 0.913. The van der Waals surface area contributed by atoms with E-state index < -0.39 is 0 Å². The fourth-order valence-corrected chi connectivity index (χ4v) is 3.17. The fraction of sp³-hybridized carbons (Fsp3) is 0.333. The van der Waals surface area contributed by atoms with Crippen LogP contribution in [-0.2, 0) is 6.54 Å². The van der Waals surface area contributed by atoms with Crippen LogP contribution in [0, 0.1) is 6.92 Å². The van der Waals surface area contributed by atoms with Gasteiger partial charge in [-0.2, -0.15) is 0 Å². The SMILES string of the molecule is Cc1ccc2nc(-c3cccnc3)c(CN3CCNCC3)n2c1. The third-order valence-electron chi connectivity index (χ3n) is 4.38. The van der Waals surface area contributed by atoms with Gasteiger partial charge in [0, 0.05) is 56.9 Å². The first-order valence-corrected chi connectivity index (χ1v) is 8.12. The molecule has 1 saturated heterocycles. The molecular weight excluding hydrogens is 286 g/mol. The van der Waals surface area contributed by atoms with E-state index in [0.29, 0.717) is 0 Å². The van der Waals surface area contributed by atoms with Crippen LogP contribution in [0.15, 0.2) is 42.9 Å². The smallest absolute Gasteiger partial charge is 0.137 e. The molecule has 1 N–H and O–H groups in total. The Morgan fingerprint density at radius 3 is 2.83 bits per heavy atom. The Kier molecular flexibility index (Phi) is 3.81. The molecule has 0 atom stereocenters. The van der Waals surface area contributed by atoms with Gasteiger partial charge in [-0.3, -0.25) is 9.88 Å². The molecule has 0 amide bonds. The lowest BCUT2D eigenvalue weighted by molar-refractivity contribution is 0.230. The van der Waals surface area contributed by atoms with E-state index in [1.807, 2.05) is 12.3 Å². The van der Waals surface area contributed by atoms with Gasteiger partial charge >= 0.3 is 0 Å². The molecule has 5 heteroatoms. The number of piperazine rings is 1. The summed E-state index contributed by atoms with van der Waals surface area (Å²) in [6.07, 6.45) is 5.88. The molecule has 118 valence electrons. The molecule has 0 aliphatic carbocycles. The molecule has 3 aromatic heterocycles. The normalized spacial score (nSPS) is 16.0. The van der Waals surface area contributed by atoms with Gasteiger partial charge in [-0.05, 0) is 30.7 Å². The predicted octanol–water partition coefficient (Wildman–Crippen LogP) is 2.11. The van der Waals surface area contributed by atoms with Gasteiger partial charge in [0.25, 0.3) is 0 Å². The molecule has 4 rings (SSSR count). The molecule has 0 radical (unpaired) electrons. The van der Waals surface area contributed by atoms with Crippen molar-refractivity contribution in [3.8, 4) is 11.3 Å².